The molecule has 0 aliphatic carbocycles. The molecule has 0 aliphatic heterocycles. The van der Waals surface area contributed by atoms with Crippen molar-refractivity contribution in [2.45, 2.75) is 33.1 Å². The zero-order valence-electron chi connectivity index (χ0n) is 12.3. The minimum Gasteiger partial charge on any atom is -0.355 e. The van der Waals surface area contributed by atoms with E-state index < -0.39 is 0 Å². The fourth-order valence-electron chi connectivity index (χ4n) is 1.99. The summed E-state index contributed by atoms with van der Waals surface area (Å²) in [6, 6.07) is 3.94. The molecule has 0 saturated heterocycles. The molecule has 1 unspecified atom stereocenters. The van der Waals surface area contributed by atoms with Crippen LogP contribution in [0.15, 0.2) is 24.5 Å². The fourth-order valence-corrected chi connectivity index (χ4v) is 1.99. The first kappa shape index (κ1) is 15.6. The van der Waals surface area contributed by atoms with Gasteiger partial charge in [-0.1, -0.05) is 33.8 Å². The molecule has 106 valence electrons. The van der Waals surface area contributed by atoms with Crippen molar-refractivity contribution in [2.75, 3.05) is 13.1 Å². The third-order valence-corrected chi connectivity index (χ3v) is 3.54. The number of aromatic nitrogens is 1. The number of rotatable bonds is 6. The summed E-state index contributed by atoms with van der Waals surface area (Å²) >= 11 is 0. The van der Waals surface area contributed by atoms with Gasteiger partial charge in [0.25, 0.3) is 0 Å². The average Bonchev–Trinajstić information content (AvgIpc) is 2.38. The summed E-state index contributed by atoms with van der Waals surface area (Å²) in [6.07, 6.45) is 3.59. The Bertz CT molecular complexity index is 401. The molecule has 0 bridgehead atoms. The minimum absolute atomic E-state index is 0.0365. The minimum atomic E-state index is -0.139. The Balaban J connectivity index is 2.63. The van der Waals surface area contributed by atoms with Gasteiger partial charge in [0.2, 0.25) is 5.91 Å². The third-order valence-electron chi connectivity index (χ3n) is 3.54. The number of pyridine rings is 1. The number of carbonyl (C=O) groups is 1. The second kappa shape index (κ2) is 6.66. The van der Waals surface area contributed by atoms with Gasteiger partial charge in [-0.15, -0.1) is 0 Å². The monoisotopic (exact) mass is 263 g/mol. The van der Waals surface area contributed by atoms with E-state index in [-0.39, 0.29) is 23.2 Å². The lowest BCUT2D eigenvalue weighted by Crippen LogP contribution is -2.43. The fraction of sp³-hybridized carbons (Fsp3) is 0.600. The Morgan fingerprint density at radius 1 is 1.47 bits per heavy atom. The van der Waals surface area contributed by atoms with Gasteiger partial charge in [0.05, 0.1) is 5.92 Å². The number of hydrogen-bond donors (Lipinski definition) is 2. The van der Waals surface area contributed by atoms with E-state index in [0.29, 0.717) is 13.1 Å². The molecule has 0 spiro atoms. The number of hydrogen-bond acceptors (Lipinski definition) is 3. The van der Waals surface area contributed by atoms with Gasteiger partial charge in [-0.25, -0.2) is 0 Å². The van der Waals surface area contributed by atoms with Crippen molar-refractivity contribution in [3.63, 3.8) is 0 Å². The molecule has 1 atom stereocenters. The number of nitrogens with one attached hydrogen (secondary N) is 1. The maximum Gasteiger partial charge on any atom is 0.224 e. The summed E-state index contributed by atoms with van der Waals surface area (Å²) < 4.78 is 0. The van der Waals surface area contributed by atoms with Gasteiger partial charge >= 0.3 is 0 Å². The SMILES string of the molecule is CC(C)C(CN)C(=O)NCC(C)(C)c1cccnc1. The predicted octanol–water partition coefficient (Wildman–Crippen LogP) is 1.71. The van der Waals surface area contributed by atoms with E-state index in [0.717, 1.165) is 5.56 Å². The molecule has 1 aromatic heterocycles. The van der Waals surface area contributed by atoms with Crippen molar-refractivity contribution >= 4 is 5.91 Å². The normalized spacial score (nSPS) is 13.4. The zero-order chi connectivity index (χ0) is 14.5. The number of nitrogens with zero attached hydrogens (tertiary/aromatic N) is 1. The molecule has 1 heterocycles. The highest BCUT2D eigenvalue weighted by Crippen LogP contribution is 2.21. The summed E-state index contributed by atoms with van der Waals surface area (Å²) in [5, 5.41) is 3.01. The molecule has 4 nitrogen and oxygen atoms in total. The lowest BCUT2D eigenvalue weighted by atomic mass is 9.85. The molecule has 0 aliphatic rings. The molecule has 0 fully saturated rings. The molecular formula is C15H25N3O. The van der Waals surface area contributed by atoms with E-state index in [1.807, 2.05) is 32.2 Å². The number of nitrogens with two attached hydrogens (primary N) is 1. The molecule has 19 heavy (non-hydrogen) atoms. The van der Waals surface area contributed by atoms with Crippen LogP contribution in [0, 0.1) is 11.8 Å². The molecule has 3 N–H and O–H groups in total. The molecule has 1 aromatic rings. The van der Waals surface area contributed by atoms with Gasteiger partial charge in [-0.05, 0) is 17.5 Å². The average molecular weight is 263 g/mol. The summed E-state index contributed by atoms with van der Waals surface area (Å²) in [6.45, 7) is 9.19. The summed E-state index contributed by atoms with van der Waals surface area (Å²) in [5.41, 5.74) is 6.63. The van der Waals surface area contributed by atoms with Crippen LogP contribution in [0.2, 0.25) is 0 Å². The highest BCUT2D eigenvalue weighted by molar-refractivity contribution is 5.79. The summed E-state index contributed by atoms with van der Waals surface area (Å²) in [7, 11) is 0. The first-order chi connectivity index (χ1) is 8.88. The van der Waals surface area contributed by atoms with Crippen molar-refractivity contribution < 1.29 is 4.79 Å². The van der Waals surface area contributed by atoms with Crippen LogP contribution in [0.4, 0.5) is 0 Å². The smallest absolute Gasteiger partial charge is 0.224 e. The van der Waals surface area contributed by atoms with Crippen LogP contribution in [-0.4, -0.2) is 24.0 Å². The first-order valence-corrected chi connectivity index (χ1v) is 6.76. The topological polar surface area (TPSA) is 68.0 Å². The maximum absolute atomic E-state index is 12.1. The molecule has 1 amide bonds. The second-order valence-electron chi connectivity index (χ2n) is 5.93. The van der Waals surface area contributed by atoms with E-state index in [9.17, 15) is 4.79 Å². The van der Waals surface area contributed by atoms with Crippen molar-refractivity contribution in [3.05, 3.63) is 30.1 Å². The molecular weight excluding hydrogens is 238 g/mol. The van der Waals surface area contributed by atoms with Crippen molar-refractivity contribution in [3.8, 4) is 0 Å². The van der Waals surface area contributed by atoms with Gasteiger partial charge in [-0.2, -0.15) is 0 Å². The largest absolute Gasteiger partial charge is 0.355 e. The van der Waals surface area contributed by atoms with Gasteiger partial charge in [0.1, 0.15) is 0 Å². The zero-order valence-corrected chi connectivity index (χ0v) is 12.3. The molecule has 0 aromatic carbocycles. The quantitative estimate of drug-likeness (QED) is 0.821. The standard InChI is InChI=1S/C15H25N3O/c1-11(2)13(8-16)14(19)18-10-15(3,4)12-6-5-7-17-9-12/h5-7,9,11,13H,8,10,16H2,1-4H3,(H,18,19). The van der Waals surface area contributed by atoms with E-state index in [4.69, 9.17) is 5.73 Å². The highest BCUT2D eigenvalue weighted by atomic mass is 16.1. The van der Waals surface area contributed by atoms with E-state index >= 15 is 0 Å². The lowest BCUT2D eigenvalue weighted by Gasteiger charge is -2.27. The van der Waals surface area contributed by atoms with Gasteiger partial charge in [0.15, 0.2) is 0 Å². The Labute approximate surface area is 115 Å². The van der Waals surface area contributed by atoms with Gasteiger partial charge in [-0.3, -0.25) is 9.78 Å². The highest BCUT2D eigenvalue weighted by Gasteiger charge is 2.25. The van der Waals surface area contributed by atoms with Gasteiger partial charge in [0, 0.05) is 30.9 Å². The van der Waals surface area contributed by atoms with Crippen molar-refractivity contribution in [1.82, 2.24) is 10.3 Å². The molecule has 1 rings (SSSR count). The van der Waals surface area contributed by atoms with Crippen LogP contribution >= 0.6 is 0 Å². The summed E-state index contributed by atoms with van der Waals surface area (Å²) in [4.78, 5) is 16.2. The molecule has 4 heteroatoms. The van der Waals surface area contributed by atoms with Crippen molar-refractivity contribution in [1.29, 1.82) is 0 Å². The van der Waals surface area contributed by atoms with E-state index in [1.54, 1.807) is 6.20 Å². The van der Waals surface area contributed by atoms with Crippen LogP contribution in [-0.2, 0) is 10.2 Å². The van der Waals surface area contributed by atoms with Crippen LogP contribution < -0.4 is 11.1 Å². The second-order valence-corrected chi connectivity index (χ2v) is 5.93. The Kier molecular flexibility index (Phi) is 5.48. The van der Waals surface area contributed by atoms with Crippen LogP contribution in [0.5, 0.6) is 0 Å². The van der Waals surface area contributed by atoms with Crippen LogP contribution in [0.25, 0.3) is 0 Å². The summed E-state index contributed by atoms with van der Waals surface area (Å²) in [5.74, 6) is 0.172. The lowest BCUT2D eigenvalue weighted by molar-refractivity contribution is -0.126. The van der Waals surface area contributed by atoms with Gasteiger partial charge < -0.3 is 11.1 Å². The Morgan fingerprint density at radius 2 is 2.16 bits per heavy atom. The molecule has 0 saturated carbocycles. The Morgan fingerprint density at radius 3 is 2.63 bits per heavy atom. The van der Waals surface area contributed by atoms with E-state index in [2.05, 4.69) is 24.1 Å². The number of carbonyl (C=O) groups excluding carboxylic acids is 1. The van der Waals surface area contributed by atoms with Crippen molar-refractivity contribution in [2.24, 2.45) is 17.6 Å². The van der Waals surface area contributed by atoms with Crippen LogP contribution in [0.1, 0.15) is 33.3 Å². The molecule has 0 radical (unpaired) electrons. The number of amides is 1. The first-order valence-electron chi connectivity index (χ1n) is 6.76. The van der Waals surface area contributed by atoms with Crippen LogP contribution in [0.3, 0.4) is 0 Å². The Hall–Kier alpha value is -1.42. The maximum atomic E-state index is 12.1. The van der Waals surface area contributed by atoms with E-state index in [1.165, 1.54) is 0 Å². The predicted molar refractivity (Wildman–Crippen MR) is 77.7 cm³/mol. The third kappa shape index (κ3) is 4.31.